The topological polar surface area (TPSA) is 84.7 Å². The fraction of sp³-hybridized carbons (Fsp3) is 0.600. The second kappa shape index (κ2) is 10.3. The molecule has 1 aliphatic heterocycles. The highest BCUT2D eigenvalue weighted by atomic mass is 16.5. The number of nitrogens with one attached hydrogen (secondary N) is 1. The molecule has 6 heteroatoms. The first-order valence-electron chi connectivity index (χ1n) is 9.47. The molecule has 1 unspecified atom stereocenters. The Hall–Kier alpha value is -1.92. The van der Waals surface area contributed by atoms with Crippen molar-refractivity contribution in [2.24, 2.45) is 11.7 Å². The molecular formula is C20H31N3O3. The van der Waals surface area contributed by atoms with Crippen LogP contribution >= 0.6 is 0 Å². The molecule has 144 valence electrons. The largest absolute Gasteiger partial charge is 0.379 e. The Balaban J connectivity index is 1.71. The van der Waals surface area contributed by atoms with E-state index in [1.807, 2.05) is 44.2 Å². The van der Waals surface area contributed by atoms with Crippen LogP contribution in [0.4, 0.5) is 0 Å². The molecular weight excluding hydrogens is 330 g/mol. The summed E-state index contributed by atoms with van der Waals surface area (Å²) in [5.41, 5.74) is 6.92. The lowest BCUT2D eigenvalue weighted by molar-refractivity contribution is -0.136. The van der Waals surface area contributed by atoms with Crippen molar-refractivity contribution in [3.63, 3.8) is 0 Å². The molecule has 1 heterocycles. The highest BCUT2D eigenvalue weighted by molar-refractivity contribution is 5.84. The summed E-state index contributed by atoms with van der Waals surface area (Å²) in [6.45, 7) is 6.43. The molecule has 0 radical (unpaired) electrons. The normalized spacial score (nSPS) is 16.5. The van der Waals surface area contributed by atoms with Crippen LogP contribution in [0.2, 0.25) is 0 Å². The van der Waals surface area contributed by atoms with Gasteiger partial charge >= 0.3 is 0 Å². The van der Waals surface area contributed by atoms with Crippen LogP contribution in [0.3, 0.4) is 0 Å². The standard InChI is InChI=1S/C20H31N3O3/c1-15(2)26-14-6-11-22-19(24)17-9-12-23(13-10-17)20(25)18(21)16-7-4-3-5-8-16/h3-5,7-8,15,17-18H,6,9-14,21H2,1-2H3,(H,22,24). The van der Waals surface area contributed by atoms with E-state index in [0.29, 0.717) is 39.1 Å². The molecule has 0 bridgehead atoms. The van der Waals surface area contributed by atoms with Crippen molar-refractivity contribution in [1.82, 2.24) is 10.2 Å². The van der Waals surface area contributed by atoms with Gasteiger partial charge in [0.1, 0.15) is 6.04 Å². The fourth-order valence-electron chi connectivity index (χ4n) is 3.11. The van der Waals surface area contributed by atoms with Crippen molar-refractivity contribution in [2.75, 3.05) is 26.2 Å². The first kappa shape index (κ1) is 20.4. The number of hydrogen-bond acceptors (Lipinski definition) is 4. The van der Waals surface area contributed by atoms with Gasteiger partial charge in [-0.2, -0.15) is 0 Å². The van der Waals surface area contributed by atoms with Gasteiger partial charge < -0.3 is 20.7 Å². The predicted octanol–water partition coefficient (Wildman–Crippen LogP) is 1.86. The van der Waals surface area contributed by atoms with E-state index in [4.69, 9.17) is 10.5 Å². The van der Waals surface area contributed by atoms with E-state index in [0.717, 1.165) is 12.0 Å². The average molecular weight is 361 g/mol. The maximum Gasteiger partial charge on any atom is 0.244 e. The van der Waals surface area contributed by atoms with Crippen LogP contribution in [-0.4, -0.2) is 49.1 Å². The van der Waals surface area contributed by atoms with Gasteiger partial charge in [-0.25, -0.2) is 0 Å². The van der Waals surface area contributed by atoms with Crippen LogP contribution in [0.5, 0.6) is 0 Å². The number of carbonyl (C=O) groups excluding carboxylic acids is 2. The van der Waals surface area contributed by atoms with E-state index in [2.05, 4.69) is 5.32 Å². The van der Waals surface area contributed by atoms with Crippen LogP contribution in [-0.2, 0) is 14.3 Å². The molecule has 0 aliphatic carbocycles. The highest BCUT2D eigenvalue weighted by Crippen LogP contribution is 2.21. The number of hydrogen-bond donors (Lipinski definition) is 2. The number of benzene rings is 1. The third-order valence-corrected chi connectivity index (χ3v) is 4.67. The van der Waals surface area contributed by atoms with Crippen molar-refractivity contribution < 1.29 is 14.3 Å². The van der Waals surface area contributed by atoms with E-state index < -0.39 is 6.04 Å². The number of likely N-dealkylation sites (tertiary alicyclic amines) is 1. The Morgan fingerprint density at radius 2 is 1.88 bits per heavy atom. The first-order chi connectivity index (χ1) is 12.5. The highest BCUT2D eigenvalue weighted by Gasteiger charge is 2.29. The number of nitrogens with two attached hydrogens (primary N) is 1. The summed E-state index contributed by atoms with van der Waals surface area (Å²) in [6, 6.07) is 8.76. The molecule has 0 aromatic heterocycles. The van der Waals surface area contributed by atoms with Crippen molar-refractivity contribution in [3.8, 4) is 0 Å². The van der Waals surface area contributed by atoms with Crippen LogP contribution in [0, 0.1) is 5.92 Å². The molecule has 1 saturated heterocycles. The van der Waals surface area contributed by atoms with Crippen LogP contribution in [0.25, 0.3) is 0 Å². The first-order valence-corrected chi connectivity index (χ1v) is 9.47. The maximum atomic E-state index is 12.6. The summed E-state index contributed by atoms with van der Waals surface area (Å²) in [4.78, 5) is 26.6. The zero-order chi connectivity index (χ0) is 18.9. The van der Waals surface area contributed by atoms with Crippen LogP contribution in [0.15, 0.2) is 30.3 Å². The SMILES string of the molecule is CC(C)OCCCNC(=O)C1CCN(C(=O)C(N)c2ccccc2)CC1. The summed E-state index contributed by atoms with van der Waals surface area (Å²) in [5.74, 6) is -0.0205. The third-order valence-electron chi connectivity index (χ3n) is 4.67. The van der Waals surface area contributed by atoms with Crippen LogP contribution < -0.4 is 11.1 Å². The molecule has 2 rings (SSSR count). The summed E-state index contributed by atoms with van der Waals surface area (Å²) < 4.78 is 5.46. The van der Waals surface area contributed by atoms with Crippen molar-refractivity contribution in [1.29, 1.82) is 0 Å². The predicted molar refractivity (Wildman–Crippen MR) is 101 cm³/mol. The monoisotopic (exact) mass is 361 g/mol. The van der Waals surface area contributed by atoms with Gasteiger partial charge in [0, 0.05) is 32.2 Å². The number of rotatable bonds is 8. The lowest BCUT2D eigenvalue weighted by atomic mass is 9.95. The van der Waals surface area contributed by atoms with Crippen molar-refractivity contribution in [3.05, 3.63) is 35.9 Å². The molecule has 1 atom stereocenters. The van der Waals surface area contributed by atoms with Gasteiger partial charge in [0.05, 0.1) is 6.10 Å². The molecule has 1 aromatic rings. The van der Waals surface area contributed by atoms with E-state index in [9.17, 15) is 9.59 Å². The molecule has 6 nitrogen and oxygen atoms in total. The second-order valence-corrected chi connectivity index (χ2v) is 7.05. The Labute approximate surface area is 156 Å². The Bertz CT molecular complexity index is 569. The van der Waals surface area contributed by atoms with Gasteiger partial charge in [-0.1, -0.05) is 30.3 Å². The van der Waals surface area contributed by atoms with E-state index in [1.165, 1.54) is 0 Å². The lowest BCUT2D eigenvalue weighted by Crippen LogP contribution is -2.46. The number of nitrogens with zero attached hydrogens (tertiary/aromatic N) is 1. The summed E-state index contributed by atoms with van der Waals surface area (Å²) in [7, 11) is 0. The maximum absolute atomic E-state index is 12.6. The zero-order valence-corrected chi connectivity index (χ0v) is 15.8. The second-order valence-electron chi connectivity index (χ2n) is 7.05. The van der Waals surface area contributed by atoms with Gasteiger partial charge in [0.15, 0.2) is 0 Å². The fourth-order valence-corrected chi connectivity index (χ4v) is 3.11. The molecule has 1 fully saturated rings. The van der Waals surface area contributed by atoms with E-state index in [1.54, 1.807) is 4.90 Å². The Morgan fingerprint density at radius 3 is 2.50 bits per heavy atom. The zero-order valence-electron chi connectivity index (χ0n) is 15.8. The minimum atomic E-state index is -0.637. The van der Waals surface area contributed by atoms with Gasteiger partial charge in [0.2, 0.25) is 11.8 Å². The average Bonchev–Trinajstić information content (AvgIpc) is 2.67. The smallest absolute Gasteiger partial charge is 0.244 e. The van der Waals surface area contributed by atoms with Gasteiger partial charge in [-0.15, -0.1) is 0 Å². The quantitative estimate of drug-likeness (QED) is 0.692. The molecule has 1 aliphatic rings. The lowest BCUT2D eigenvalue weighted by Gasteiger charge is -2.33. The van der Waals surface area contributed by atoms with Crippen molar-refractivity contribution >= 4 is 11.8 Å². The van der Waals surface area contributed by atoms with Crippen LogP contribution in [0.1, 0.15) is 44.7 Å². The molecule has 0 spiro atoms. The molecule has 0 saturated carbocycles. The molecule has 2 amide bonds. The van der Waals surface area contributed by atoms with E-state index >= 15 is 0 Å². The third kappa shape index (κ3) is 6.11. The molecule has 3 N–H and O–H groups in total. The molecule has 26 heavy (non-hydrogen) atoms. The summed E-state index contributed by atoms with van der Waals surface area (Å²) in [6.07, 6.45) is 2.39. The number of piperidine rings is 1. The number of amides is 2. The number of carbonyl (C=O) groups is 2. The minimum Gasteiger partial charge on any atom is -0.379 e. The summed E-state index contributed by atoms with van der Waals surface area (Å²) >= 11 is 0. The van der Waals surface area contributed by atoms with Crippen molar-refractivity contribution in [2.45, 2.75) is 45.3 Å². The Kier molecular flexibility index (Phi) is 8.06. The van der Waals surface area contributed by atoms with Gasteiger partial charge in [-0.3, -0.25) is 9.59 Å². The van der Waals surface area contributed by atoms with Gasteiger partial charge in [0.25, 0.3) is 0 Å². The minimum absolute atomic E-state index is 0.0296. The molecule has 1 aromatic carbocycles. The van der Waals surface area contributed by atoms with E-state index in [-0.39, 0.29) is 23.8 Å². The van der Waals surface area contributed by atoms with Gasteiger partial charge in [-0.05, 0) is 38.7 Å². The Morgan fingerprint density at radius 1 is 1.23 bits per heavy atom. The number of ether oxygens (including phenoxy) is 1. The summed E-state index contributed by atoms with van der Waals surface area (Å²) in [5, 5.41) is 2.97.